The fraction of sp³-hybridized carbons (Fsp3) is 0.667. The molecule has 110 valence electrons. The Kier molecular flexibility index (Phi) is 5.32. The largest absolute Gasteiger partial charge is 0.464 e. The molecule has 5 nitrogen and oxygen atoms in total. The van der Waals surface area contributed by atoms with Crippen LogP contribution in [0.1, 0.15) is 55.9 Å². The Balaban J connectivity index is 1.78. The summed E-state index contributed by atoms with van der Waals surface area (Å²) in [6, 6.07) is 3.77. The quantitative estimate of drug-likeness (QED) is 0.810. The topological polar surface area (TPSA) is 64.1 Å². The van der Waals surface area contributed by atoms with Crippen LogP contribution in [0.5, 0.6) is 0 Å². The van der Waals surface area contributed by atoms with Crippen LogP contribution in [0.3, 0.4) is 0 Å². The molecule has 5 heteroatoms. The summed E-state index contributed by atoms with van der Waals surface area (Å²) in [5, 5.41) is 11.2. The predicted octanol–water partition coefficient (Wildman–Crippen LogP) is 3.03. The standard InChI is InChI=1S/C15H23N3O2/c1-11(7-8-12-5-3-4-6-12)16-14-10-9-13(17-18-14)15(19)20-2/h9-12H,3-8H2,1-2H3,(H,16,18). The zero-order chi connectivity index (χ0) is 14.4. The van der Waals surface area contributed by atoms with Crippen LogP contribution < -0.4 is 5.32 Å². The molecule has 0 amide bonds. The first-order chi connectivity index (χ1) is 9.69. The molecule has 0 spiro atoms. The normalized spacial score (nSPS) is 16.9. The smallest absolute Gasteiger partial charge is 0.358 e. The highest BCUT2D eigenvalue weighted by Gasteiger charge is 2.16. The Labute approximate surface area is 120 Å². The molecule has 0 radical (unpaired) electrons. The summed E-state index contributed by atoms with van der Waals surface area (Å²) >= 11 is 0. The van der Waals surface area contributed by atoms with Gasteiger partial charge in [-0.15, -0.1) is 10.2 Å². The van der Waals surface area contributed by atoms with E-state index in [1.807, 2.05) is 0 Å². The Morgan fingerprint density at radius 2 is 2.15 bits per heavy atom. The number of hydrogen-bond donors (Lipinski definition) is 1. The van der Waals surface area contributed by atoms with Crippen molar-refractivity contribution in [3.05, 3.63) is 17.8 Å². The highest BCUT2D eigenvalue weighted by Crippen LogP contribution is 2.29. The van der Waals surface area contributed by atoms with Gasteiger partial charge in [0.05, 0.1) is 7.11 Å². The van der Waals surface area contributed by atoms with Crippen LogP contribution >= 0.6 is 0 Å². The number of methoxy groups -OCH3 is 1. The molecular weight excluding hydrogens is 254 g/mol. The van der Waals surface area contributed by atoms with Crippen LogP contribution in [0.15, 0.2) is 12.1 Å². The van der Waals surface area contributed by atoms with Crippen LogP contribution in [-0.2, 0) is 4.74 Å². The number of esters is 1. The molecule has 0 aliphatic heterocycles. The highest BCUT2D eigenvalue weighted by atomic mass is 16.5. The van der Waals surface area contributed by atoms with E-state index in [1.54, 1.807) is 12.1 Å². The number of nitrogens with one attached hydrogen (secondary N) is 1. The maximum atomic E-state index is 11.3. The molecule has 1 fully saturated rings. The zero-order valence-corrected chi connectivity index (χ0v) is 12.3. The summed E-state index contributed by atoms with van der Waals surface area (Å²) in [5.74, 6) is 1.15. The molecular formula is C15H23N3O2. The van der Waals surface area contributed by atoms with E-state index in [9.17, 15) is 4.79 Å². The lowest BCUT2D eigenvalue weighted by Crippen LogP contribution is -2.18. The average Bonchev–Trinajstić information content (AvgIpc) is 2.98. The molecule has 1 aliphatic carbocycles. The summed E-state index contributed by atoms with van der Waals surface area (Å²) in [6.07, 6.45) is 7.99. The Hall–Kier alpha value is -1.65. The second-order valence-corrected chi connectivity index (χ2v) is 5.57. The third kappa shape index (κ3) is 4.18. The number of carbonyl (C=O) groups excluding carboxylic acids is 1. The van der Waals surface area contributed by atoms with Crippen LogP contribution in [0.4, 0.5) is 5.82 Å². The number of aromatic nitrogens is 2. The molecule has 1 aromatic heterocycles. The summed E-state index contributed by atoms with van der Waals surface area (Å²) in [7, 11) is 1.33. The molecule has 1 saturated carbocycles. The van der Waals surface area contributed by atoms with Gasteiger partial charge in [0, 0.05) is 6.04 Å². The maximum Gasteiger partial charge on any atom is 0.358 e. The van der Waals surface area contributed by atoms with Crippen LogP contribution in [0.2, 0.25) is 0 Å². The molecule has 1 aliphatic rings. The molecule has 1 heterocycles. The number of carbonyl (C=O) groups is 1. The van der Waals surface area contributed by atoms with Gasteiger partial charge in [-0.3, -0.25) is 0 Å². The van der Waals surface area contributed by atoms with Gasteiger partial charge >= 0.3 is 5.97 Å². The molecule has 20 heavy (non-hydrogen) atoms. The summed E-state index contributed by atoms with van der Waals surface area (Å²) in [4.78, 5) is 11.3. The molecule has 0 saturated heterocycles. The summed E-state index contributed by atoms with van der Waals surface area (Å²) in [6.45, 7) is 2.16. The second-order valence-electron chi connectivity index (χ2n) is 5.57. The number of ether oxygens (including phenoxy) is 1. The van der Waals surface area contributed by atoms with E-state index in [2.05, 4.69) is 27.2 Å². The van der Waals surface area contributed by atoms with E-state index >= 15 is 0 Å². The van der Waals surface area contributed by atoms with E-state index in [0.717, 1.165) is 12.3 Å². The van der Waals surface area contributed by atoms with Crippen LogP contribution in [0.25, 0.3) is 0 Å². The zero-order valence-electron chi connectivity index (χ0n) is 12.3. The van der Waals surface area contributed by atoms with E-state index < -0.39 is 5.97 Å². The first-order valence-electron chi connectivity index (χ1n) is 7.37. The molecule has 1 N–H and O–H groups in total. The van der Waals surface area contributed by atoms with Gasteiger partial charge < -0.3 is 10.1 Å². The van der Waals surface area contributed by atoms with Crippen molar-refractivity contribution in [2.45, 2.75) is 51.5 Å². The van der Waals surface area contributed by atoms with Crippen molar-refractivity contribution in [3.8, 4) is 0 Å². The van der Waals surface area contributed by atoms with E-state index in [1.165, 1.54) is 39.2 Å². The van der Waals surface area contributed by atoms with Gasteiger partial charge in [-0.25, -0.2) is 4.79 Å². The van der Waals surface area contributed by atoms with Crippen LogP contribution in [-0.4, -0.2) is 29.3 Å². The average molecular weight is 277 g/mol. The third-order valence-corrected chi connectivity index (χ3v) is 3.94. The summed E-state index contributed by atoms with van der Waals surface area (Å²) in [5.41, 5.74) is 0.233. The fourth-order valence-electron chi connectivity index (χ4n) is 2.73. The van der Waals surface area contributed by atoms with Crippen molar-refractivity contribution in [3.63, 3.8) is 0 Å². The van der Waals surface area contributed by atoms with Gasteiger partial charge in [-0.2, -0.15) is 0 Å². The number of rotatable bonds is 6. The Morgan fingerprint density at radius 3 is 2.75 bits per heavy atom. The predicted molar refractivity (Wildman–Crippen MR) is 77.6 cm³/mol. The van der Waals surface area contributed by atoms with Gasteiger partial charge in [-0.05, 0) is 37.8 Å². The maximum absolute atomic E-state index is 11.3. The minimum atomic E-state index is -0.460. The van der Waals surface area contributed by atoms with E-state index in [4.69, 9.17) is 0 Å². The van der Waals surface area contributed by atoms with Gasteiger partial charge in [0.1, 0.15) is 5.82 Å². The van der Waals surface area contributed by atoms with Gasteiger partial charge in [0.25, 0.3) is 0 Å². The van der Waals surface area contributed by atoms with Gasteiger partial charge in [-0.1, -0.05) is 25.7 Å². The van der Waals surface area contributed by atoms with E-state index in [0.29, 0.717) is 11.9 Å². The summed E-state index contributed by atoms with van der Waals surface area (Å²) < 4.78 is 4.59. The molecule has 1 atom stereocenters. The lowest BCUT2D eigenvalue weighted by Gasteiger charge is -2.16. The first kappa shape index (κ1) is 14.8. The Morgan fingerprint density at radius 1 is 1.40 bits per heavy atom. The van der Waals surface area contributed by atoms with Crippen molar-refractivity contribution in [1.82, 2.24) is 10.2 Å². The molecule has 0 aromatic carbocycles. The van der Waals surface area contributed by atoms with Gasteiger partial charge in [0.15, 0.2) is 5.69 Å². The van der Waals surface area contributed by atoms with Crippen molar-refractivity contribution in [2.24, 2.45) is 5.92 Å². The van der Waals surface area contributed by atoms with Crippen molar-refractivity contribution < 1.29 is 9.53 Å². The highest BCUT2D eigenvalue weighted by molar-refractivity contribution is 5.86. The SMILES string of the molecule is COC(=O)c1ccc(NC(C)CCC2CCCC2)nn1. The number of nitrogens with zero attached hydrogens (tertiary/aromatic N) is 2. The second kappa shape index (κ2) is 7.22. The number of anilines is 1. The fourth-order valence-corrected chi connectivity index (χ4v) is 2.73. The monoisotopic (exact) mass is 277 g/mol. The van der Waals surface area contributed by atoms with E-state index in [-0.39, 0.29) is 5.69 Å². The first-order valence-corrected chi connectivity index (χ1v) is 7.37. The molecule has 2 rings (SSSR count). The van der Waals surface area contributed by atoms with Crippen LogP contribution in [0, 0.1) is 5.92 Å². The molecule has 0 bridgehead atoms. The lowest BCUT2D eigenvalue weighted by molar-refractivity contribution is 0.0593. The third-order valence-electron chi connectivity index (χ3n) is 3.94. The van der Waals surface area contributed by atoms with Gasteiger partial charge in [0.2, 0.25) is 0 Å². The van der Waals surface area contributed by atoms with Crippen molar-refractivity contribution in [1.29, 1.82) is 0 Å². The Bertz CT molecular complexity index is 427. The molecule has 1 aromatic rings. The molecule has 1 unspecified atom stereocenters. The minimum absolute atomic E-state index is 0.233. The lowest BCUT2D eigenvalue weighted by atomic mass is 9.99. The minimum Gasteiger partial charge on any atom is -0.464 e. The number of hydrogen-bond acceptors (Lipinski definition) is 5. The van der Waals surface area contributed by atoms with Crippen molar-refractivity contribution in [2.75, 3.05) is 12.4 Å². The van der Waals surface area contributed by atoms with Crippen molar-refractivity contribution >= 4 is 11.8 Å².